The third kappa shape index (κ3) is 4.38. The van der Waals surface area contributed by atoms with Gasteiger partial charge in [-0.25, -0.2) is 8.60 Å². The van der Waals surface area contributed by atoms with Crippen molar-refractivity contribution >= 4 is 45.7 Å². The molecule has 3 rings (SSSR count). The molecule has 1 N–H and O–H groups in total. The molecule has 138 valence electrons. The fourth-order valence-electron chi connectivity index (χ4n) is 2.48. The maximum absolute atomic E-state index is 14.0. The summed E-state index contributed by atoms with van der Waals surface area (Å²) in [6.07, 6.45) is 0. The van der Waals surface area contributed by atoms with Gasteiger partial charge in [-0.3, -0.25) is 4.79 Å². The molecule has 0 aromatic heterocycles. The van der Waals surface area contributed by atoms with Gasteiger partial charge < -0.3 is 4.72 Å². The number of hydrogen-bond donors (Lipinski definition) is 1. The van der Waals surface area contributed by atoms with Gasteiger partial charge in [0, 0.05) is 5.56 Å². The lowest BCUT2D eigenvalue weighted by Gasteiger charge is -2.13. The summed E-state index contributed by atoms with van der Waals surface area (Å²) in [4.78, 5) is 13.2. The lowest BCUT2D eigenvalue weighted by Crippen LogP contribution is -2.12. The van der Waals surface area contributed by atoms with E-state index in [1.807, 2.05) is 6.92 Å². The summed E-state index contributed by atoms with van der Waals surface area (Å²) in [6.45, 7) is 1.82. The lowest BCUT2D eigenvalue weighted by molar-refractivity contribution is 0.103. The van der Waals surface area contributed by atoms with Crippen molar-refractivity contribution in [3.63, 3.8) is 0 Å². The molecule has 7 heteroatoms. The van der Waals surface area contributed by atoms with E-state index < -0.39 is 22.6 Å². The molecule has 0 fully saturated rings. The second-order valence-corrected chi connectivity index (χ2v) is 7.83. The highest BCUT2D eigenvalue weighted by atomic mass is 35.5. The Bertz CT molecular complexity index is 1060. The van der Waals surface area contributed by atoms with Gasteiger partial charge in [-0.1, -0.05) is 47.0 Å². The van der Waals surface area contributed by atoms with E-state index in [9.17, 15) is 13.4 Å². The van der Waals surface area contributed by atoms with Crippen LogP contribution in [-0.2, 0) is 11.0 Å². The van der Waals surface area contributed by atoms with E-state index in [2.05, 4.69) is 4.72 Å². The number of ketones is 1. The Morgan fingerprint density at radius 3 is 2.41 bits per heavy atom. The van der Waals surface area contributed by atoms with Gasteiger partial charge in [0.05, 0.1) is 26.2 Å². The van der Waals surface area contributed by atoms with Crippen LogP contribution in [0.25, 0.3) is 0 Å². The van der Waals surface area contributed by atoms with E-state index in [4.69, 9.17) is 23.2 Å². The van der Waals surface area contributed by atoms with Crippen molar-refractivity contribution in [3.05, 3.63) is 93.2 Å². The van der Waals surface area contributed by atoms with Crippen LogP contribution < -0.4 is 4.72 Å². The first-order valence-corrected chi connectivity index (χ1v) is 9.81. The second-order valence-electron chi connectivity index (χ2n) is 5.80. The highest BCUT2D eigenvalue weighted by Gasteiger charge is 2.19. The van der Waals surface area contributed by atoms with Crippen LogP contribution in [0.5, 0.6) is 0 Å². The average Bonchev–Trinajstić information content (AvgIpc) is 2.65. The van der Waals surface area contributed by atoms with Crippen LogP contribution in [0.4, 0.5) is 10.1 Å². The number of rotatable bonds is 5. The molecule has 0 spiro atoms. The molecular formula is C20H14Cl2FNO2S. The van der Waals surface area contributed by atoms with Crippen molar-refractivity contribution in [3.8, 4) is 0 Å². The second kappa shape index (κ2) is 8.21. The summed E-state index contributed by atoms with van der Waals surface area (Å²) in [5.41, 5.74) is 1.33. The SMILES string of the molecule is Cc1ccc(NS(=O)c2ccc(Cl)c(Cl)c2)c(C(=O)c2ccccc2F)c1. The van der Waals surface area contributed by atoms with Gasteiger partial charge >= 0.3 is 0 Å². The van der Waals surface area contributed by atoms with Gasteiger partial charge in [0.15, 0.2) is 5.78 Å². The maximum atomic E-state index is 14.0. The summed E-state index contributed by atoms with van der Waals surface area (Å²) >= 11 is 11.9. The van der Waals surface area contributed by atoms with Crippen molar-refractivity contribution in [1.29, 1.82) is 0 Å². The summed E-state index contributed by atoms with van der Waals surface area (Å²) in [6, 6.07) is 15.4. The molecule has 0 bridgehead atoms. The number of benzene rings is 3. The standard InChI is InChI=1S/C20H14Cl2FNO2S/c1-12-6-9-19(24-27(26)13-7-8-16(21)17(22)11-13)15(10-12)20(25)14-4-2-3-5-18(14)23/h2-11,24H,1H3. The van der Waals surface area contributed by atoms with Crippen molar-refractivity contribution in [2.45, 2.75) is 11.8 Å². The number of anilines is 1. The number of carbonyl (C=O) groups excluding carboxylic acids is 1. The zero-order chi connectivity index (χ0) is 19.6. The first-order chi connectivity index (χ1) is 12.9. The molecule has 1 unspecified atom stereocenters. The fraction of sp³-hybridized carbons (Fsp3) is 0.0500. The van der Waals surface area contributed by atoms with Crippen LogP contribution in [-0.4, -0.2) is 9.99 Å². The monoisotopic (exact) mass is 421 g/mol. The number of carbonyl (C=O) groups is 1. The van der Waals surface area contributed by atoms with Gasteiger partial charge in [0.1, 0.15) is 16.8 Å². The predicted molar refractivity (Wildman–Crippen MR) is 108 cm³/mol. The normalized spacial score (nSPS) is 11.9. The molecular weight excluding hydrogens is 408 g/mol. The minimum Gasteiger partial charge on any atom is -0.300 e. The minimum atomic E-state index is -1.69. The summed E-state index contributed by atoms with van der Waals surface area (Å²) in [5, 5.41) is 0.624. The Morgan fingerprint density at radius 2 is 1.70 bits per heavy atom. The Kier molecular flexibility index (Phi) is 5.95. The largest absolute Gasteiger partial charge is 0.300 e. The Hall–Kier alpha value is -2.21. The third-order valence-electron chi connectivity index (χ3n) is 3.85. The maximum Gasteiger partial charge on any atom is 0.198 e. The number of nitrogens with one attached hydrogen (secondary N) is 1. The van der Waals surface area contributed by atoms with Crippen LogP contribution in [0.15, 0.2) is 65.6 Å². The highest BCUT2D eigenvalue weighted by molar-refractivity contribution is 7.86. The quantitative estimate of drug-likeness (QED) is 0.528. The Labute approximate surface area is 168 Å². The minimum absolute atomic E-state index is 0.0496. The van der Waals surface area contributed by atoms with Crippen molar-refractivity contribution in [2.24, 2.45) is 0 Å². The molecule has 3 aromatic carbocycles. The highest BCUT2D eigenvalue weighted by Crippen LogP contribution is 2.27. The first-order valence-electron chi connectivity index (χ1n) is 7.90. The summed E-state index contributed by atoms with van der Waals surface area (Å²) in [5.74, 6) is -1.11. The molecule has 0 aliphatic carbocycles. The molecule has 0 saturated heterocycles. The third-order valence-corrected chi connectivity index (χ3v) is 5.67. The van der Waals surface area contributed by atoms with Crippen LogP contribution in [0.1, 0.15) is 21.5 Å². The number of hydrogen-bond acceptors (Lipinski definition) is 2. The van der Waals surface area contributed by atoms with Crippen LogP contribution in [0, 0.1) is 12.7 Å². The summed E-state index contributed by atoms with van der Waals surface area (Å²) in [7, 11) is -1.69. The van der Waals surface area contributed by atoms with Gasteiger partial charge in [-0.05, 0) is 49.4 Å². The van der Waals surface area contributed by atoms with Gasteiger partial charge in [0.25, 0.3) is 0 Å². The number of aryl methyl sites for hydroxylation is 1. The number of halogens is 3. The molecule has 0 aliphatic heterocycles. The van der Waals surface area contributed by atoms with Crippen LogP contribution >= 0.6 is 23.2 Å². The molecule has 0 radical (unpaired) electrons. The van der Waals surface area contributed by atoms with Crippen LogP contribution in [0.3, 0.4) is 0 Å². The van der Waals surface area contributed by atoms with E-state index >= 15 is 0 Å². The van der Waals surface area contributed by atoms with Gasteiger partial charge in [-0.15, -0.1) is 0 Å². The molecule has 0 heterocycles. The fourth-order valence-corrected chi connectivity index (χ4v) is 3.75. The summed E-state index contributed by atoms with van der Waals surface area (Å²) < 4.78 is 29.5. The van der Waals surface area contributed by atoms with Crippen molar-refractivity contribution in [1.82, 2.24) is 0 Å². The topological polar surface area (TPSA) is 46.2 Å². The zero-order valence-corrected chi connectivity index (χ0v) is 16.5. The molecule has 27 heavy (non-hydrogen) atoms. The average molecular weight is 422 g/mol. The van der Waals surface area contributed by atoms with Crippen molar-refractivity contribution in [2.75, 3.05) is 4.72 Å². The first kappa shape index (κ1) is 19.5. The molecule has 0 amide bonds. The van der Waals surface area contributed by atoms with E-state index in [1.165, 1.54) is 24.3 Å². The van der Waals surface area contributed by atoms with E-state index in [0.29, 0.717) is 15.6 Å². The molecule has 3 nitrogen and oxygen atoms in total. The molecule has 0 saturated carbocycles. The smallest absolute Gasteiger partial charge is 0.198 e. The van der Waals surface area contributed by atoms with Gasteiger partial charge in [0.2, 0.25) is 0 Å². The molecule has 0 aliphatic rings. The van der Waals surface area contributed by atoms with Crippen LogP contribution in [0.2, 0.25) is 10.0 Å². The zero-order valence-electron chi connectivity index (χ0n) is 14.1. The lowest BCUT2D eigenvalue weighted by atomic mass is 9.99. The Balaban J connectivity index is 1.97. The van der Waals surface area contributed by atoms with E-state index in [-0.39, 0.29) is 16.1 Å². The predicted octanol–water partition coefficient (Wildman–Crippen LogP) is 5.81. The molecule has 3 aromatic rings. The Morgan fingerprint density at radius 1 is 0.963 bits per heavy atom. The van der Waals surface area contributed by atoms with E-state index in [0.717, 1.165) is 5.56 Å². The van der Waals surface area contributed by atoms with E-state index in [1.54, 1.807) is 36.4 Å². The van der Waals surface area contributed by atoms with Crippen molar-refractivity contribution < 1.29 is 13.4 Å². The molecule has 1 atom stereocenters. The van der Waals surface area contributed by atoms with Gasteiger partial charge in [-0.2, -0.15) is 0 Å².